The molecule has 2 N–H and O–H groups in total. The molecule has 4 aromatic rings. The molecule has 35 heavy (non-hydrogen) atoms. The number of amides is 2. The highest BCUT2D eigenvalue weighted by molar-refractivity contribution is 6.33. The van der Waals surface area contributed by atoms with Crippen LogP contribution < -0.4 is 20.1 Å². The molecular weight excluding hydrogens is 468 g/mol. The number of para-hydroxylation sites is 2. The number of fused-ring (bicyclic) bond motifs is 2. The first-order valence-electron chi connectivity index (χ1n) is 11.2. The molecule has 0 aliphatic carbocycles. The van der Waals surface area contributed by atoms with Crippen LogP contribution in [0.5, 0.6) is 11.5 Å². The maximum absolute atomic E-state index is 12.9. The van der Waals surface area contributed by atoms with Gasteiger partial charge >= 0.3 is 0 Å². The minimum absolute atomic E-state index is 0.107. The summed E-state index contributed by atoms with van der Waals surface area (Å²) in [4.78, 5) is 30.0. The van der Waals surface area contributed by atoms with Crippen molar-refractivity contribution in [2.24, 2.45) is 0 Å². The number of ether oxygens (including phenoxy) is 2. The van der Waals surface area contributed by atoms with Crippen LogP contribution in [0.1, 0.15) is 22.6 Å². The molecule has 178 valence electrons. The third-order valence-corrected chi connectivity index (χ3v) is 6.00. The van der Waals surface area contributed by atoms with Crippen LogP contribution in [0.15, 0.2) is 66.7 Å². The van der Waals surface area contributed by atoms with E-state index in [0.29, 0.717) is 47.2 Å². The van der Waals surface area contributed by atoms with Crippen LogP contribution >= 0.6 is 11.6 Å². The van der Waals surface area contributed by atoms with Crippen LogP contribution in [0.4, 0.5) is 5.69 Å². The molecule has 0 fully saturated rings. The number of carbonyl (C=O) groups is 2. The smallest absolute Gasteiger partial charge is 0.252 e. The van der Waals surface area contributed by atoms with E-state index in [4.69, 9.17) is 26.1 Å². The fraction of sp³-hybridized carbons (Fsp3) is 0.192. The van der Waals surface area contributed by atoms with Gasteiger partial charge in [0.25, 0.3) is 5.91 Å². The third kappa shape index (κ3) is 5.07. The normalized spacial score (nSPS) is 12.0. The van der Waals surface area contributed by atoms with Crippen LogP contribution in [-0.4, -0.2) is 34.7 Å². The van der Waals surface area contributed by atoms with Crippen molar-refractivity contribution in [1.82, 2.24) is 14.9 Å². The van der Waals surface area contributed by atoms with Gasteiger partial charge in [-0.25, -0.2) is 4.98 Å². The summed E-state index contributed by atoms with van der Waals surface area (Å²) in [5, 5.41) is 6.23. The van der Waals surface area contributed by atoms with E-state index in [1.165, 1.54) is 0 Å². The molecule has 0 radical (unpaired) electrons. The number of aromatic nitrogens is 2. The monoisotopic (exact) mass is 490 g/mol. The summed E-state index contributed by atoms with van der Waals surface area (Å²) in [6, 6.07) is 19.9. The second-order valence-electron chi connectivity index (χ2n) is 8.06. The van der Waals surface area contributed by atoms with Gasteiger partial charge in [0.15, 0.2) is 11.5 Å². The number of carbonyl (C=O) groups excluding carboxylic acids is 2. The number of hydrogen-bond acceptors (Lipinski definition) is 5. The highest BCUT2D eigenvalue weighted by atomic mass is 35.5. The van der Waals surface area contributed by atoms with Crippen molar-refractivity contribution in [3.8, 4) is 11.5 Å². The molecule has 0 bridgehead atoms. The summed E-state index contributed by atoms with van der Waals surface area (Å²) in [6.07, 6.45) is 1.25. The molecule has 5 rings (SSSR count). The van der Waals surface area contributed by atoms with Gasteiger partial charge in [-0.3, -0.25) is 9.59 Å². The molecule has 2 heterocycles. The highest BCUT2D eigenvalue weighted by Crippen LogP contribution is 2.34. The number of imidazole rings is 1. The molecule has 9 heteroatoms. The SMILES string of the molecule is O=C(Cn1c(CCCNC(=O)c2ccccc2Cl)nc2ccccc21)Nc1ccc2c(c1)OCO2. The average molecular weight is 491 g/mol. The van der Waals surface area contributed by atoms with Crippen molar-refractivity contribution >= 4 is 40.1 Å². The lowest BCUT2D eigenvalue weighted by atomic mass is 10.2. The molecule has 0 atom stereocenters. The maximum Gasteiger partial charge on any atom is 0.252 e. The van der Waals surface area contributed by atoms with Crippen molar-refractivity contribution < 1.29 is 19.1 Å². The number of anilines is 1. The Morgan fingerprint density at radius 1 is 1.00 bits per heavy atom. The van der Waals surface area contributed by atoms with E-state index in [0.717, 1.165) is 16.9 Å². The topological polar surface area (TPSA) is 94.5 Å². The Balaban J connectivity index is 1.24. The predicted molar refractivity (Wildman–Crippen MR) is 133 cm³/mol. The number of rotatable bonds is 8. The lowest BCUT2D eigenvalue weighted by molar-refractivity contribution is -0.116. The van der Waals surface area contributed by atoms with E-state index < -0.39 is 0 Å². The van der Waals surface area contributed by atoms with Crippen molar-refractivity contribution in [1.29, 1.82) is 0 Å². The van der Waals surface area contributed by atoms with E-state index in [-0.39, 0.29) is 25.2 Å². The van der Waals surface area contributed by atoms with Gasteiger partial charge in [0, 0.05) is 24.7 Å². The Morgan fingerprint density at radius 3 is 2.69 bits per heavy atom. The number of halogens is 1. The summed E-state index contributed by atoms with van der Waals surface area (Å²) in [7, 11) is 0. The minimum Gasteiger partial charge on any atom is -0.454 e. The van der Waals surface area contributed by atoms with Crippen molar-refractivity contribution in [3.63, 3.8) is 0 Å². The average Bonchev–Trinajstić information content (AvgIpc) is 3.46. The van der Waals surface area contributed by atoms with E-state index in [1.807, 2.05) is 28.8 Å². The number of nitrogens with one attached hydrogen (secondary N) is 2. The van der Waals surface area contributed by atoms with Crippen LogP contribution in [0.3, 0.4) is 0 Å². The zero-order valence-corrected chi connectivity index (χ0v) is 19.5. The zero-order chi connectivity index (χ0) is 24.2. The van der Waals surface area contributed by atoms with Crippen molar-refractivity contribution in [2.45, 2.75) is 19.4 Å². The molecule has 1 aliphatic rings. The summed E-state index contributed by atoms with van der Waals surface area (Å²) < 4.78 is 12.6. The molecule has 0 saturated heterocycles. The van der Waals surface area contributed by atoms with Crippen molar-refractivity contribution in [2.75, 3.05) is 18.7 Å². The summed E-state index contributed by atoms with van der Waals surface area (Å²) in [6.45, 7) is 0.739. The van der Waals surface area contributed by atoms with E-state index in [1.54, 1.807) is 42.5 Å². The Bertz CT molecular complexity index is 1400. The molecule has 3 aromatic carbocycles. The van der Waals surface area contributed by atoms with Gasteiger partial charge in [0.05, 0.1) is 21.6 Å². The lowest BCUT2D eigenvalue weighted by Gasteiger charge is -2.11. The first-order chi connectivity index (χ1) is 17.1. The van der Waals surface area contributed by atoms with Crippen LogP contribution in [0, 0.1) is 0 Å². The second kappa shape index (κ2) is 10.1. The van der Waals surface area contributed by atoms with Gasteiger partial charge in [-0.05, 0) is 42.8 Å². The Kier molecular flexibility index (Phi) is 6.54. The van der Waals surface area contributed by atoms with Gasteiger partial charge in [0.1, 0.15) is 12.4 Å². The summed E-state index contributed by atoms with van der Waals surface area (Å²) >= 11 is 6.10. The summed E-state index contributed by atoms with van der Waals surface area (Å²) in [5.74, 6) is 1.65. The lowest BCUT2D eigenvalue weighted by Crippen LogP contribution is -2.25. The standard InChI is InChI=1S/C26H23ClN4O4/c27-19-7-2-1-6-18(19)26(33)28-13-5-10-24-30-20-8-3-4-9-21(20)31(24)15-25(32)29-17-11-12-22-23(14-17)35-16-34-22/h1-4,6-9,11-12,14H,5,10,13,15-16H2,(H,28,33)(H,29,32). The fourth-order valence-corrected chi connectivity index (χ4v) is 4.22. The molecule has 0 unspecified atom stereocenters. The van der Waals surface area contributed by atoms with Gasteiger partial charge in [0.2, 0.25) is 12.7 Å². The molecule has 2 amide bonds. The molecule has 0 spiro atoms. The predicted octanol–water partition coefficient (Wildman–Crippen LogP) is 4.42. The number of hydrogen-bond donors (Lipinski definition) is 2. The Morgan fingerprint density at radius 2 is 1.80 bits per heavy atom. The maximum atomic E-state index is 12.9. The van der Waals surface area contributed by atoms with E-state index >= 15 is 0 Å². The Labute approximate surface area is 206 Å². The number of aryl methyl sites for hydroxylation is 1. The van der Waals surface area contributed by atoms with Gasteiger partial charge < -0.3 is 24.7 Å². The quantitative estimate of drug-likeness (QED) is 0.356. The largest absolute Gasteiger partial charge is 0.454 e. The zero-order valence-electron chi connectivity index (χ0n) is 18.8. The molecule has 8 nitrogen and oxygen atoms in total. The van der Waals surface area contributed by atoms with Gasteiger partial charge in [-0.15, -0.1) is 0 Å². The van der Waals surface area contributed by atoms with Crippen LogP contribution in [0.2, 0.25) is 5.02 Å². The second-order valence-corrected chi connectivity index (χ2v) is 8.47. The van der Waals surface area contributed by atoms with E-state index in [2.05, 4.69) is 10.6 Å². The number of nitrogens with zero attached hydrogens (tertiary/aromatic N) is 2. The summed E-state index contributed by atoms with van der Waals surface area (Å²) in [5.41, 5.74) is 2.77. The molecule has 0 saturated carbocycles. The fourth-order valence-electron chi connectivity index (χ4n) is 4.00. The molecular formula is C26H23ClN4O4. The minimum atomic E-state index is -0.216. The third-order valence-electron chi connectivity index (χ3n) is 5.67. The van der Waals surface area contributed by atoms with Crippen LogP contribution in [0.25, 0.3) is 11.0 Å². The number of benzene rings is 3. The Hall–Kier alpha value is -4.04. The molecule has 1 aliphatic heterocycles. The molecule has 1 aromatic heterocycles. The van der Waals surface area contributed by atoms with Crippen molar-refractivity contribution in [3.05, 3.63) is 83.1 Å². The van der Waals surface area contributed by atoms with Gasteiger partial charge in [-0.1, -0.05) is 35.9 Å². The first-order valence-corrected chi connectivity index (χ1v) is 11.6. The van der Waals surface area contributed by atoms with Crippen LogP contribution in [-0.2, 0) is 17.8 Å². The van der Waals surface area contributed by atoms with Gasteiger partial charge in [-0.2, -0.15) is 0 Å². The first kappa shape index (κ1) is 22.7. The van der Waals surface area contributed by atoms with E-state index in [9.17, 15) is 9.59 Å². The highest BCUT2D eigenvalue weighted by Gasteiger charge is 2.17.